The number of benzene rings is 1. The van der Waals surface area contributed by atoms with Gasteiger partial charge in [-0.25, -0.2) is 0 Å². The van der Waals surface area contributed by atoms with E-state index < -0.39 is 0 Å². The monoisotopic (exact) mass is 291 g/mol. The van der Waals surface area contributed by atoms with Gasteiger partial charge in [0.1, 0.15) is 4.99 Å². The quantitative estimate of drug-likeness (QED) is 0.816. The molecule has 0 radical (unpaired) electrons. The van der Waals surface area contributed by atoms with Crippen LogP contribution in [0.3, 0.4) is 0 Å². The van der Waals surface area contributed by atoms with Gasteiger partial charge in [-0.3, -0.25) is 9.69 Å². The summed E-state index contributed by atoms with van der Waals surface area (Å²) in [6, 6.07) is 7.70. The highest BCUT2D eigenvalue weighted by Crippen LogP contribution is 2.25. The highest BCUT2D eigenvalue weighted by molar-refractivity contribution is 7.80. The summed E-state index contributed by atoms with van der Waals surface area (Å²) in [6.07, 6.45) is 3.65. The number of hydrogen-bond donors (Lipinski definition) is 2. The molecule has 1 aliphatic rings. The summed E-state index contributed by atoms with van der Waals surface area (Å²) in [5.41, 5.74) is 7.12. The van der Waals surface area contributed by atoms with Crippen LogP contribution in [0.2, 0.25) is 0 Å². The molecule has 1 saturated carbocycles. The number of carbonyl (C=O) groups excluding carboxylic acids is 1. The van der Waals surface area contributed by atoms with Gasteiger partial charge in [0.15, 0.2) is 0 Å². The second-order valence-corrected chi connectivity index (χ2v) is 5.80. The van der Waals surface area contributed by atoms with Gasteiger partial charge in [-0.15, -0.1) is 0 Å². The van der Waals surface area contributed by atoms with Crippen LogP contribution in [0.4, 0.5) is 5.69 Å². The molecule has 4 nitrogen and oxygen atoms in total. The molecular formula is C15H21N3OS. The van der Waals surface area contributed by atoms with Crippen LogP contribution < -0.4 is 11.1 Å². The van der Waals surface area contributed by atoms with Crippen molar-refractivity contribution in [2.24, 2.45) is 5.73 Å². The molecule has 3 N–H and O–H groups in total. The Balaban J connectivity index is 1.94. The van der Waals surface area contributed by atoms with Gasteiger partial charge in [0.05, 0.1) is 6.04 Å². The molecule has 108 valence electrons. The molecule has 0 bridgehead atoms. The fourth-order valence-corrected chi connectivity index (χ4v) is 2.40. The van der Waals surface area contributed by atoms with E-state index in [1.807, 2.05) is 38.2 Å². The summed E-state index contributed by atoms with van der Waals surface area (Å²) in [4.78, 5) is 14.7. The Hall–Kier alpha value is -1.46. The predicted molar refractivity (Wildman–Crippen MR) is 85.8 cm³/mol. The average Bonchev–Trinajstić information content (AvgIpc) is 2.36. The molecule has 1 aromatic rings. The lowest BCUT2D eigenvalue weighted by Gasteiger charge is -2.37. The van der Waals surface area contributed by atoms with Crippen LogP contribution in [0.25, 0.3) is 0 Å². The minimum absolute atomic E-state index is 0.0162. The molecule has 20 heavy (non-hydrogen) atoms. The fourth-order valence-electron chi connectivity index (χ4n) is 2.26. The van der Waals surface area contributed by atoms with Crippen molar-refractivity contribution in [3.63, 3.8) is 0 Å². The molecule has 0 aliphatic heterocycles. The van der Waals surface area contributed by atoms with Crippen LogP contribution in [0.15, 0.2) is 24.3 Å². The Bertz CT molecular complexity index is 496. The van der Waals surface area contributed by atoms with Gasteiger partial charge in [-0.05, 0) is 51.1 Å². The van der Waals surface area contributed by atoms with E-state index in [9.17, 15) is 4.79 Å². The van der Waals surface area contributed by atoms with Crippen LogP contribution in [-0.4, -0.2) is 34.9 Å². The third-order valence-corrected chi connectivity index (χ3v) is 4.31. The van der Waals surface area contributed by atoms with Crippen molar-refractivity contribution in [3.8, 4) is 0 Å². The smallest absolute Gasteiger partial charge is 0.241 e. The molecule has 1 aliphatic carbocycles. The van der Waals surface area contributed by atoms with E-state index in [0.29, 0.717) is 11.0 Å². The molecule has 5 heteroatoms. The number of thiocarbonyl (C=S) groups is 1. The first kappa shape index (κ1) is 14.9. The highest BCUT2D eigenvalue weighted by atomic mass is 32.1. The van der Waals surface area contributed by atoms with E-state index in [2.05, 4.69) is 10.2 Å². The molecule has 0 aromatic heterocycles. The van der Waals surface area contributed by atoms with Gasteiger partial charge >= 0.3 is 0 Å². The average molecular weight is 291 g/mol. The maximum Gasteiger partial charge on any atom is 0.241 e. The third-order valence-electron chi connectivity index (χ3n) is 4.08. The molecule has 0 spiro atoms. The number of carbonyl (C=O) groups is 1. The summed E-state index contributed by atoms with van der Waals surface area (Å²) < 4.78 is 0. The second-order valence-electron chi connectivity index (χ2n) is 5.36. The summed E-state index contributed by atoms with van der Waals surface area (Å²) in [7, 11) is 2.02. The number of nitrogens with zero attached hydrogens (tertiary/aromatic N) is 1. The molecule has 2 rings (SSSR count). The normalized spacial score (nSPS) is 16.6. The van der Waals surface area contributed by atoms with Crippen LogP contribution in [0, 0.1) is 0 Å². The molecule has 0 heterocycles. The van der Waals surface area contributed by atoms with Gasteiger partial charge < -0.3 is 11.1 Å². The van der Waals surface area contributed by atoms with E-state index in [4.69, 9.17) is 18.0 Å². The van der Waals surface area contributed by atoms with E-state index in [0.717, 1.165) is 11.3 Å². The molecular weight excluding hydrogens is 270 g/mol. The summed E-state index contributed by atoms with van der Waals surface area (Å²) >= 11 is 4.90. The highest BCUT2D eigenvalue weighted by Gasteiger charge is 2.28. The second kappa shape index (κ2) is 6.33. The topological polar surface area (TPSA) is 58.4 Å². The van der Waals surface area contributed by atoms with Crippen molar-refractivity contribution in [1.29, 1.82) is 0 Å². The Morgan fingerprint density at radius 2 is 2.00 bits per heavy atom. The number of anilines is 1. The van der Waals surface area contributed by atoms with Crippen LogP contribution in [-0.2, 0) is 4.79 Å². The first-order chi connectivity index (χ1) is 9.49. The van der Waals surface area contributed by atoms with Crippen molar-refractivity contribution < 1.29 is 4.79 Å². The zero-order chi connectivity index (χ0) is 14.7. The van der Waals surface area contributed by atoms with E-state index in [-0.39, 0.29) is 11.9 Å². The van der Waals surface area contributed by atoms with E-state index in [1.54, 1.807) is 0 Å². The van der Waals surface area contributed by atoms with Gasteiger partial charge in [0, 0.05) is 17.3 Å². The Labute approximate surface area is 125 Å². The van der Waals surface area contributed by atoms with Gasteiger partial charge in [0.25, 0.3) is 0 Å². The maximum absolute atomic E-state index is 12.2. The van der Waals surface area contributed by atoms with E-state index >= 15 is 0 Å². The molecule has 1 fully saturated rings. The van der Waals surface area contributed by atoms with Crippen molar-refractivity contribution >= 4 is 28.8 Å². The largest absolute Gasteiger partial charge is 0.389 e. The Kier molecular flexibility index (Phi) is 4.73. The van der Waals surface area contributed by atoms with Crippen molar-refractivity contribution in [1.82, 2.24) is 4.90 Å². The Morgan fingerprint density at radius 3 is 2.45 bits per heavy atom. The number of hydrogen-bond acceptors (Lipinski definition) is 3. The maximum atomic E-state index is 12.2. The standard InChI is InChI=1S/C15H21N3OS/c1-10(18(2)13-4-3-5-13)15(19)17-12-8-6-11(7-9-12)14(16)20/h6-10,13H,3-5H2,1-2H3,(H2,16,20)(H,17,19). The SMILES string of the molecule is CC(C(=O)Nc1ccc(C(N)=S)cc1)N(C)C1CCC1. The number of amides is 1. The third kappa shape index (κ3) is 3.35. The lowest BCUT2D eigenvalue weighted by molar-refractivity contribution is -0.121. The Morgan fingerprint density at radius 1 is 1.40 bits per heavy atom. The number of rotatable bonds is 5. The number of likely N-dealkylation sites (N-methyl/N-ethyl adjacent to an activating group) is 1. The summed E-state index contributed by atoms with van der Waals surface area (Å²) in [5, 5.41) is 2.93. The van der Waals surface area contributed by atoms with Crippen LogP contribution >= 0.6 is 12.2 Å². The van der Waals surface area contributed by atoms with Gasteiger partial charge in [-0.2, -0.15) is 0 Å². The molecule has 1 aromatic carbocycles. The summed E-state index contributed by atoms with van der Waals surface area (Å²) in [5.74, 6) is 0.0162. The van der Waals surface area contributed by atoms with Crippen molar-refractivity contribution in [3.05, 3.63) is 29.8 Å². The van der Waals surface area contributed by atoms with Crippen molar-refractivity contribution in [2.45, 2.75) is 38.3 Å². The fraction of sp³-hybridized carbons (Fsp3) is 0.467. The van der Waals surface area contributed by atoms with Gasteiger partial charge in [-0.1, -0.05) is 18.6 Å². The summed E-state index contributed by atoms with van der Waals surface area (Å²) in [6.45, 7) is 1.94. The zero-order valence-corrected chi connectivity index (χ0v) is 12.7. The molecule has 1 amide bonds. The zero-order valence-electron chi connectivity index (χ0n) is 11.9. The van der Waals surface area contributed by atoms with Crippen LogP contribution in [0.5, 0.6) is 0 Å². The number of nitrogens with two attached hydrogens (primary N) is 1. The van der Waals surface area contributed by atoms with Crippen LogP contribution in [0.1, 0.15) is 31.7 Å². The van der Waals surface area contributed by atoms with Crippen molar-refractivity contribution in [2.75, 3.05) is 12.4 Å². The molecule has 1 atom stereocenters. The first-order valence-corrected chi connectivity index (χ1v) is 7.32. The van der Waals surface area contributed by atoms with E-state index in [1.165, 1.54) is 19.3 Å². The minimum atomic E-state index is -0.129. The lowest BCUT2D eigenvalue weighted by atomic mass is 9.91. The predicted octanol–water partition coefficient (Wildman–Crippen LogP) is 2.13. The lowest BCUT2D eigenvalue weighted by Crippen LogP contribution is -2.47. The molecule has 1 unspecified atom stereocenters. The molecule has 0 saturated heterocycles. The first-order valence-electron chi connectivity index (χ1n) is 6.91. The van der Waals surface area contributed by atoms with Gasteiger partial charge in [0.2, 0.25) is 5.91 Å². The minimum Gasteiger partial charge on any atom is -0.389 e. The number of nitrogens with one attached hydrogen (secondary N) is 1.